The number of hydrogen-bond donors (Lipinski definition) is 3. The summed E-state index contributed by atoms with van der Waals surface area (Å²) in [7, 11) is 0. The van der Waals surface area contributed by atoms with Crippen LogP contribution in [-0.2, 0) is 4.74 Å². The molecule has 0 amide bonds. The number of anilines is 2. The molecule has 1 aliphatic heterocycles. The second kappa shape index (κ2) is 4.22. The number of benzene rings is 1. The van der Waals surface area contributed by atoms with Crippen LogP contribution in [0.1, 0.15) is 31.2 Å². The molecule has 2 atom stereocenters. The molecule has 1 fully saturated rings. The van der Waals surface area contributed by atoms with Crippen molar-refractivity contribution < 1.29 is 9.84 Å². The maximum absolute atomic E-state index is 9.43. The number of phenolic OH excluding ortho intramolecular Hbond substituents is 1. The molecule has 2 unspecified atom stereocenters. The number of aromatic hydroxyl groups is 1. The summed E-state index contributed by atoms with van der Waals surface area (Å²) in [6.45, 7) is 2.75. The van der Waals surface area contributed by atoms with Gasteiger partial charge in [-0.25, -0.2) is 0 Å². The van der Waals surface area contributed by atoms with Crippen molar-refractivity contribution in [1.29, 1.82) is 0 Å². The molecule has 2 rings (SSSR count). The molecule has 1 saturated heterocycles. The van der Waals surface area contributed by atoms with Gasteiger partial charge in [-0.2, -0.15) is 0 Å². The van der Waals surface area contributed by atoms with E-state index in [1.807, 2.05) is 6.07 Å². The summed E-state index contributed by atoms with van der Waals surface area (Å²) in [6, 6.07) is 3.43. The fraction of sp³-hybridized carbons (Fsp3) is 0.500. The van der Waals surface area contributed by atoms with Crippen LogP contribution in [0.2, 0.25) is 0 Å². The van der Waals surface area contributed by atoms with Gasteiger partial charge in [0.05, 0.1) is 24.1 Å². The topological polar surface area (TPSA) is 81.5 Å². The van der Waals surface area contributed by atoms with Gasteiger partial charge in [-0.3, -0.25) is 0 Å². The van der Waals surface area contributed by atoms with Crippen molar-refractivity contribution in [2.45, 2.75) is 31.8 Å². The minimum atomic E-state index is 0.0475. The molecule has 0 saturated carbocycles. The van der Waals surface area contributed by atoms with Gasteiger partial charge in [-0.15, -0.1) is 0 Å². The molecule has 88 valence electrons. The van der Waals surface area contributed by atoms with E-state index in [1.54, 1.807) is 6.07 Å². The van der Waals surface area contributed by atoms with Gasteiger partial charge in [-0.05, 0) is 31.4 Å². The molecule has 16 heavy (non-hydrogen) atoms. The Kier molecular flexibility index (Phi) is 2.92. The normalized spacial score (nSPS) is 25.6. The fourth-order valence-electron chi connectivity index (χ4n) is 2.13. The molecular weight excluding hydrogens is 204 g/mol. The van der Waals surface area contributed by atoms with E-state index in [0.717, 1.165) is 18.4 Å². The molecule has 0 bridgehead atoms. The second-order valence-electron chi connectivity index (χ2n) is 4.42. The van der Waals surface area contributed by atoms with Crippen LogP contribution in [0.5, 0.6) is 5.75 Å². The predicted octanol–water partition coefficient (Wildman–Crippen LogP) is 1.84. The quantitative estimate of drug-likeness (QED) is 0.500. The van der Waals surface area contributed by atoms with Crippen LogP contribution in [0.25, 0.3) is 0 Å². The van der Waals surface area contributed by atoms with Gasteiger partial charge < -0.3 is 21.3 Å². The largest absolute Gasteiger partial charge is 0.506 e. The molecule has 5 N–H and O–H groups in total. The van der Waals surface area contributed by atoms with E-state index in [1.165, 1.54) is 0 Å². The summed E-state index contributed by atoms with van der Waals surface area (Å²) < 4.78 is 5.61. The Labute approximate surface area is 95.2 Å². The van der Waals surface area contributed by atoms with Gasteiger partial charge >= 0.3 is 0 Å². The first-order valence-electron chi connectivity index (χ1n) is 5.58. The molecule has 0 aromatic heterocycles. The number of ether oxygens (including phenoxy) is 1. The second-order valence-corrected chi connectivity index (χ2v) is 4.42. The van der Waals surface area contributed by atoms with Gasteiger partial charge in [0.2, 0.25) is 0 Å². The highest BCUT2D eigenvalue weighted by Gasteiger charge is 2.23. The molecule has 0 radical (unpaired) electrons. The first-order chi connectivity index (χ1) is 7.59. The van der Waals surface area contributed by atoms with E-state index in [0.29, 0.717) is 24.3 Å². The Morgan fingerprint density at radius 2 is 2.00 bits per heavy atom. The van der Waals surface area contributed by atoms with Crippen LogP contribution >= 0.6 is 0 Å². The first-order valence-corrected chi connectivity index (χ1v) is 5.58. The lowest BCUT2D eigenvalue weighted by Crippen LogP contribution is -2.23. The zero-order valence-corrected chi connectivity index (χ0v) is 9.44. The molecule has 1 aliphatic rings. The Hall–Kier alpha value is -1.42. The maximum atomic E-state index is 9.43. The van der Waals surface area contributed by atoms with Crippen LogP contribution in [0.4, 0.5) is 11.4 Å². The van der Waals surface area contributed by atoms with Crippen molar-refractivity contribution >= 4 is 11.4 Å². The first kappa shape index (κ1) is 11.1. The zero-order valence-electron chi connectivity index (χ0n) is 9.44. The number of hydrogen-bond acceptors (Lipinski definition) is 4. The van der Waals surface area contributed by atoms with E-state index < -0.39 is 0 Å². The molecule has 1 heterocycles. The minimum absolute atomic E-state index is 0.0475. The van der Waals surface area contributed by atoms with Crippen molar-refractivity contribution in [3.8, 4) is 5.75 Å². The molecular formula is C12H18N2O2. The summed E-state index contributed by atoms with van der Waals surface area (Å²) in [4.78, 5) is 0. The van der Waals surface area contributed by atoms with Crippen LogP contribution < -0.4 is 11.5 Å². The van der Waals surface area contributed by atoms with Crippen molar-refractivity contribution in [2.75, 3.05) is 18.1 Å². The average Bonchev–Trinajstić information content (AvgIpc) is 2.28. The lowest BCUT2D eigenvalue weighted by molar-refractivity contribution is 0.0156. The lowest BCUT2D eigenvalue weighted by atomic mass is 9.90. The summed E-state index contributed by atoms with van der Waals surface area (Å²) in [5.41, 5.74) is 13.4. The van der Waals surface area contributed by atoms with E-state index in [9.17, 15) is 5.11 Å². The monoisotopic (exact) mass is 222 g/mol. The molecule has 1 aromatic carbocycles. The van der Waals surface area contributed by atoms with Crippen molar-refractivity contribution in [1.82, 2.24) is 0 Å². The van der Waals surface area contributed by atoms with Crippen molar-refractivity contribution in [2.24, 2.45) is 0 Å². The molecule has 0 spiro atoms. The number of phenols is 1. The third kappa shape index (κ3) is 1.93. The van der Waals surface area contributed by atoms with E-state index in [2.05, 4.69) is 6.92 Å². The zero-order chi connectivity index (χ0) is 11.7. The van der Waals surface area contributed by atoms with Gasteiger partial charge in [0.1, 0.15) is 5.75 Å². The summed E-state index contributed by atoms with van der Waals surface area (Å²) >= 11 is 0. The van der Waals surface area contributed by atoms with E-state index in [4.69, 9.17) is 16.2 Å². The fourth-order valence-corrected chi connectivity index (χ4v) is 2.13. The number of nitrogens with two attached hydrogens (primary N) is 2. The summed E-state index contributed by atoms with van der Waals surface area (Å²) in [6.07, 6.45) is 2.41. The molecule has 4 heteroatoms. The van der Waals surface area contributed by atoms with Crippen LogP contribution in [0.15, 0.2) is 12.1 Å². The number of nitrogen functional groups attached to an aromatic ring is 2. The van der Waals surface area contributed by atoms with Gasteiger partial charge in [0.15, 0.2) is 0 Å². The van der Waals surface area contributed by atoms with Crippen LogP contribution in [-0.4, -0.2) is 17.8 Å². The lowest BCUT2D eigenvalue weighted by Gasteiger charge is -2.28. The average molecular weight is 222 g/mol. The highest BCUT2D eigenvalue weighted by atomic mass is 16.5. The van der Waals surface area contributed by atoms with Gasteiger partial charge in [0.25, 0.3) is 0 Å². The molecule has 0 aliphatic carbocycles. The highest BCUT2D eigenvalue weighted by Crippen LogP contribution is 2.37. The summed E-state index contributed by atoms with van der Waals surface area (Å²) in [5, 5.41) is 9.43. The minimum Gasteiger partial charge on any atom is -0.506 e. The van der Waals surface area contributed by atoms with Crippen molar-refractivity contribution in [3.05, 3.63) is 17.7 Å². The van der Waals surface area contributed by atoms with Crippen LogP contribution in [0, 0.1) is 0 Å². The Bertz CT molecular complexity index is 385. The Morgan fingerprint density at radius 3 is 2.62 bits per heavy atom. The standard InChI is InChI=1S/C12H18N2O2/c1-7-2-3-8(6-16-7)9-4-5-10(15)12(14)11(9)13/h4-5,7-8,15H,2-3,6,13-14H2,1H3. The molecule has 4 nitrogen and oxygen atoms in total. The van der Waals surface area contributed by atoms with Crippen molar-refractivity contribution in [3.63, 3.8) is 0 Å². The van der Waals surface area contributed by atoms with Gasteiger partial charge in [-0.1, -0.05) is 6.07 Å². The van der Waals surface area contributed by atoms with Crippen LogP contribution in [0.3, 0.4) is 0 Å². The van der Waals surface area contributed by atoms with Gasteiger partial charge in [0, 0.05) is 5.92 Å². The third-order valence-electron chi connectivity index (χ3n) is 3.24. The Morgan fingerprint density at radius 1 is 1.25 bits per heavy atom. The Balaban J connectivity index is 2.24. The number of rotatable bonds is 1. The smallest absolute Gasteiger partial charge is 0.140 e. The highest BCUT2D eigenvalue weighted by molar-refractivity contribution is 5.74. The van der Waals surface area contributed by atoms with E-state index in [-0.39, 0.29) is 11.4 Å². The summed E-state index contributed by atoms with van der Waals surface area (Å²) in [5.74, 6) is 0.338. The maximum Gasteiger partial charge on any atom is 0.140 e. The third-order valence-corrected chi connectivity index (χ3v) is 3.24. The predicted molar refractivity (Wildman–Crippen MR) is 64.3 cm³/mol. The SMILES string of the molecule is CC1CCC(c2ccc(O)c(N)c2N)CO1. The molecule has 1 aromatic rings. The van der Waals surface area contributed by atoms with E-state index >= 15 is 0 Å².